The van der Waals surface area contributed by atoms with E-state index in [-0.39, 0.29) is 0 Å². The highest BCUT2D eigenvalue weighted by Crippen LogP contribution is 2.17. The summed E-state index contributed by atoms with van der Waals surface area (Å²) in [4.78, 5) is 0. The Morgan fingerprint density at radius 3 is 2.33 bits per heavy atom. The molecule has 68 valence electrons. The smallest absolute Gasteiger partial charge is 0.0141 e. The Balaban J connectivity index is 2.11. The second kappa shape index (κ2) is 3.96. The van der Waals surface area contributed by atoms with Crippen LogP contribution in [-0.4, -0.2) is 13.1 Å². The number of hydrogen-bond donors (Lipinski definition) is 1. The van der Waals surface area contributed by atoms with Crippen molar-refractivity contribution in [2.75, 3.05) is 13.1 Å². The Bertz CT molecular complexity index is 185. The number of hydrogen-bond acceptors (Lipinski definition) is 1. The summed E-state index contributed by atoms with van der Waals surface area (Å²) in [6.45, 7) is 9.03. The van der Waals surface area contributed by atoms with Crippen molar-refractivity contribution in [2.45, 2.75) is 33.6 Å². The van der Waals surface area contributed by atoms with Crippen LogP contribution >= 0.6 is 0 Å². The van der Waals surface area contributed by atoms with Gasteiger partial charge in [-0.25, -0.2) is 0 Å². The molecular formula is C11H19N. The van der Waals surface area contributed by atoms with Crippen LogP contribution in [0.15, 0.2) is 0 Å². The lowest BCUT2D eigenvalue weighted by molar-refractivity contribution is 0.355. The predicted octanol–water partition coefficient (Wildman–Crippen LogP) is 2.04. The highest BCUT2D eigenvalue weighted by atomic mass is 14.9. The minimum absolute atomic E-state index is 0.366. The van der Waals surface area contributed by atoms with Gasteiger partial charge in [0.15, 0.2) is 0 Å². The van der Waals surface area contributed by atoms with Crippen LogP contribution in [0.25, 0.3) is 0 Å². The van der Waals surface area contributed by atoms with Crippen molar-refractivity contribution in [1.82, 2.24) is 5.32 Å². The van der Waals surface area contributed by atoms with E-state index in [9.17, 15) is 0 Å². The Morgan fingerprint density at radius 2 is 1.92 bits per heavy atom. The molecule has 0 aromatic rings. The summed E-state index contributed by atoms with van der Waals surface area (Å²) in [5.41, 5.74) is 0.366. The van der Waals surface area contributed by atoms with E-state index in [0.29, 0.717) is 5.41 Å². The molecule has 0 saturated carbocycles. The third kappa shape index (κ3) is 3.78. The van der Waals surface area contributed by atoms with Crippen LogP contribution in [0.2, 0.25) is 0 Å². The monoisotopic (exact) mass is 165 g/mol. The summed E-state index contributed by atoms with van der Waals surface area (Å²) in [5.74, 6) is 7.33. The van der Waals surface area contributed by atoms with Crippen molar-refractivity contribution in [3.05, 3.63) is 0 Å². The molecule has 12 heavy (non-hydrogen) atoms. The second-order valence-corrected chi connectivity index (χ2v) is 4.82. The van der Waals surface area contributed by atoms with E-state index in [1.807, 2.05) is 0 Å². The maximum absolute atomic E-state index is 3.25. The second-order valence-electron chi connectivity index (χ2n) is 4.82. The van der Waals surface area contributed by atoms with E-state index >= 15 is 0 Å². The summed E-state index contributed by atoms with van der Waals surface area (Å²) in [6, 6.07) is 0. The highest BCUT2D eigenvalue weighted by molar-refractivity contribution is 5.03. The molecule has 1 heteroatoms. The first kappa shape index (κ1) is 9.61. The molecule has 0 spiro atoms. The molecule has 1 fully saturated rings. The first-order valence-electron chi connectivity index (χ1n) is 4.74. The zero-order valence-corrected chi connectivity index (χ0v) is 8.41. The first-order valence-corrected chi connectivity index (χ1v) is 4.74. The van der Waals surface area contributed by atoms with Crippen molar-refractivity contribution in [2.24, 2.45) is 11.3 Å². The summed E-state index contributed by atoms with van der Waals surface area (Å²) in [6.07, 6.45) is 2.11. The first-order chi connectivity index (χ1) is 5.58. The number of rotatable bonds is 1. The molecule has 1 rings (SSSR count). The van der Waals surface area contributed by atoms with Crippen LogP contribution in [0.4, 0.5) is 0 Å². The minimum Gasteiger partial charge on any atom is -0.316 e. The molecule has 0 amide bonds. The van der Waals surface area contributed by atoms with Crippen LogP contribution in [0.3, 0.4) is 0 Å². The van der Waals surface area contributed by atoms with Gasteiger partial charge in [-0.2, -0.15) is 0 Å². The molecule has 1 saturated heterocycles. The normalized spacial score (nSPS) is 17.9. The fourth-order valence-corrected chi connectivity index (χ4v) is 1.04. The van der Waals surface area contributed by atoms with Crippen LogP contribution in [-0.2, 0) is 0 Å². The lowest BCUT2D eigenvalue weighted by atomic mass is 9.92. The molecule has 0 atom stereocenters. The van der Waals surface area contributed by atoms with Gasteiger partial charge >= 0.3 is 0 Å². The van der Waals surface area contributed by atoms with Crippen LogP contribution in [0, 0.1) is 23.2 Å². The van der Waals surface area contributed by atoms with E-state index < -0.39 is 0 Å². The Kier molecular flexibility index (Phi) is 3.17. The third-order valence-electron chi connectivity index (χ3n) is 2.00. The summed E-state index contributed by atoms with van der Waals surface area (Å²) >= 11 is 0. The SMILES string of the molecule is CC(C)(C)CC#CCC1CNC1. The van der Waals surface area contributed by atoms with Gasteiger partial charge < -0.3 is 5.32 Å². The Labute approximate surface area is 75.9 Å². The molecule has 1 heterocycles. The molecule has 1 aliphatic heterocycles. The van der Waals surface area contributed by atoms with Gasteiger partial charge in [0.1, 0.15) is 0 Å². The van der Waals surface area contributed by atoms with E-state index in [1.54, 1.807) is 0 Å². The maximum atomic E-state index is 3.25. The molecule has 1 N–H and O–H groups in total. The van der Waals surface area contributed by atoms with Gasteiger partial charge in [0.2, 0.25) is 0 Å². The van der Waals surface area contributed by atoms with Crippen LogP contribution in [0.1, 0.15) is 33.6 Å². The van der Waals surface area contributed by atoms with Gasteiger partial charge in [0, 0.05) is 25.9 Å². The zero-order chi connectivity index (χ0) is 9.03. The summed E-state index contributed by atoms with van der Waals surface area (Å²) in [5, 5.41) is 3.25. The lowest BCUT2D eigenvalue weighted by Crippen LogP contribution is -2.41. The maximum Gasteiger partial charge on any atom is 0.0141 e. The van der Waals surface area contributed by atoms with E-state index in [1.165, 1.54) is 13.1 Å². The number of nitrogens with one attached hydrogen (secondary N) is 1. The van der Waals surface area contributed by atoms with E-state index in [0.717, 1.165) is 18.8 Å². The summed E-state index contributed by atoms with van der Waals surface area (Å²) < 4.78 is 0. The predicted molar refractivity (Wildman–Crippen MR) is 52.8 cm³/mol. The zero-order valence-electron chi connectivity index (χ0n) is 8.41. The van der Waals surface area contributed by atoms with Gasteiger partial charge in [-0.1, -0.05) is 20.8 Å². The lowest BCUT2D eigenvalue weighted by Gasteiger charge is -2.24. The standard InChI is InChI=1S/C11H19N/c1-11(2,3)7-5-4-6-10-8-12-9-10/h10,12H,6-9H2,1-3H3. The fraction of sp³-hybridized carbons (Fsp3) is 0.818. The topological polar surface area (TPSA) is 12.0 Å². The summed E-state index contributed by atoms with van der Waals surface area (Å²) in [7, 11) is 0. The quantitative estimate of drug-likeness (QED) is 0.586. The van der Waals surface area contributed by atoms with Crippen molar-refractivity contribution in [1.29, 1.82) is 0 Å². The largest absolute Gasteiger partial charge is 0.316 e. The van der Waals surface area contributed by atoms with Gasteiger partial charge in [-0.05, 0) is 11.3 Å². The average molecular weight is 165 g/mol. The Hall–Kier alpha value is -0.480. The van der Waals surface area contributed by atoms with Crippen LogP contribution in [0.5, 0.6) is 0 Å². The molecule has 0 bridgehead atoms. The van der Waals surface area contributed by atoms with Gasteiger partial charge in [-0.3, -0.25) is 0 Å². The molecule has 0 radical (unpaired) electrons. The fourth-order valence-electron chi connectivity index (χ4n) is 1.04. The van der Waals surface area contributed by atoms with Crippen molar-refractivity contribution >= 4 is 0 Å². The molecule has 0 aromatic heterocycles. The van der Waals surface area contributed by atoms with Crippen molar-refractivity contribution in [3.8, 4) is 11.8 Å². The highest BCUT2D eigenvalue weighted by Gasteiger charge is 2.14. The molecule has 0 aromatic carbocycles. The average Bonchev–Trinajstić information content (AvgIpc) is 1.80. The van der Waals surface area contributed by atoms with Crippen molar-refractivity contribution in [3.63, 3.8) is 0 Å². The van der Waals surface area contributed by atoms with Gasteiger partial charge in [-0.15, -0.1) is 11.8 Å². The Morgan fingerprint density at radius 1 is 1.25 bits per heavy atom. The molecule has 0 aliphatic carbocycles. The van der Waals surface area contributed by atoms with Crippen LogP contribution < -0.4 is 5.32 Å². The molecule has 1 nitrogen and oxygen atoms in total. The molecule has 0 unspecified atom stereocenters. The molecular weight excluding hydrogens is 146 g/mol. The van der Waals surface area contributed by atoms with E-state index in [4.69, 9.17) is 0 Å². The molecule has 1 aliphatic rings. The van der Waals surface area contributed by atoms with E-state index in [2.05, 4.69) is 37.9 Å². The third-order valence-corrected chi connectivity index (χ3v) is 2.00. The van der Waals surface area contributed by atoms with Gasteiger partial charge in [0.05, 0.1) is 0 Å². The van der Waals surface area contributed by atoms with Crippen molar-refractivity contribution < 1.29 is 0 Å². The van der Waals surface area contributed by atoms with Gasteiger partial charge in [0.25, 0.3) is 0 Å². The minimum atomic E-state index is 0.366.